The molecule has 0 aliphatic carbocycles. The normalized spacial score (nSPS) is 10.4. The third-order valence-electron chi connectivity index (χ3n) is 3.57. The van der Waals surface area contributed by atoms with Crippen LogP contribution in [-0.4, -0.2) is 21.9 Å². The van der Waals surface area contributed by atoms with Crippen molar-refractivity contribution < 1.29 is 14.3 Å². The van der Waals surface area contributed by atoms with Gasteiger partial charge < -0.3 is 4.74 Å². The van der Waals surface area contributed by atoms with Crippen LogP contribution in [0.1, 0.15) is 33.9 Å². The first-order valence-electron chi connectivity index (χ1n) is 7.45. The Labute approximate surface area is 135 Å². The van der Waals surface area contributed by atoms with Crippen molar-refractivity contribution in [2.45, 2.75) is 40.5 Å². The van der Waals surface area contributed by atoms with Crippen molar-refractivity contribution in [1.82, 2.24) is 9.97 Å². The van der Waals surface area contributed by atoms with Gasteiger partial charge in [-0.3, -0.25) is 19.6 Å². The third kappa shape index (κ3) is 4.71. The predicted octanol–water partition coefficient (Wildman–Crippen LogP) is 2.57. The molecule has 2 aromatic rings. The molecule has 0 amide bonds. The molecule has 0 saturated heterocycles. The second kappa shape index (κ2) is 7.13. The van der Waals surface area contributed by atoms with Crippen LogP contribution in [0.3, 0.4) is 0 Å². The molecule has 0 N–H and O–H groups in total. The molecular formula is C18H20N2O3. The molecule has 5 nitrogen and oxygen atoms in total. The fourth-order valence-corrected chi connectivity index (χ4v) is 2.31. The van der Waals surface area contributed by atoms with E-state index in [2.05, 4.69) is 9.97 Å². The van der Waals surface area contributed by atoms with Gasteiger partial charge in [0.25, 0.3) is 0 Å². The summed E-state index contributed by atoms with van der Waals surface area (Å²) >= 11 is 0. The molecular weight excluding hydrogens is 292 g/mol. The van der Waals surface area contributed by atoms with Gasteiger partial charge in [0.2, 0.25) is 0 Å². The molecule has 0 atom stereocenters. The molecule has 0 fully saturated rings. The molecule has 0 aliphatic rings. The largest absolute Gasteiger partial charge is 0.393 e. The molecule has 23 heavy (non-hydrogen) atoms. The lowest BCUT2D eigenvalue weighted by atomic mass is 10.1. The summed E-state index contributed by atoms with van der Waals surface area (Å²) in [7, 11) is 0. The number of carbonyl (C=O) groups is 2. The molecule has 0 unspecified atom stereocenters. The van der Waals surface area contributed by atoms with E-state index in [0.717, 1.165) is 33.9 Å². The first-order chi connectivity index (χ1) is 10.8. The quantitative estimate of drug-likeness (QED) is 0.641. The summed E-state index contributed by atoms with van der Waals surface area (Å²) in [4.78, 5) is 32.4. The number of hydrogen-bond acceptors (Lipinski definition) is 5. The summed E-state index contributed by atoms with van der Waals surface area (Å²) in [5.41, 5.74) is 4.85. The first kappa shape index (κ1) is 16.8. The number of hydrogen-bond donors (Lipinski definition) is 0. The van der Waals surface area contributed by atoms with E-state index in [1.807, 2.05) is 52.0 Å². The molecule has 5 heteroatoms. The minimum atomic E-state index is -0.568. The van der Waals surface area contributed by atoms with E-state index in [9.17, 15) is 9.59 Å². The van der Waals surface area contributed by atoms with Crippen LogP contribution < -0.4 is 0 Å². The van der Waals surface area contributed by atoms with E-state index in [0.29, 0.717) is 0 Å². The van der Waals surface area contributed by atoms with Crippen LogP contribution in [0.25, 0.3) is 0 Å². The van der Waals surface area contributed by atoms with E-state index < -0.39 is 11.9 Å². The van der Waals surface area contributed by atoms with Crippen LogP contribution in [0.15, 0.2) is 24.3 Å². The highest BCUT2D eigenvalue weighted by Crippen LogP contribution is 2.10. The average Bonchev–Trinajstić information content (AvgIpc) is 2.45. The van der Waals surface area contributed by atoms with Crippen LogP contribution in [0.5, 0.6) is 0 Å². The van der Waals surface area contributed by atoms with Gasteiger partial charge in [-0.05, 0) is 51.0 Å². The lowest BCUT2D eigenvalue weighted by Gasteiger charge is -2.07. The fraction of sp³-hybridized carbons (Fsp3) is 0.333. The molecule has 2 rings (SSSR count). The van der Waals surface area contributed by atoms with Crippen molar-refractivity contribution in [3.8, 4) is 0 Å². The number of pyridine rings is 2. The molecule has 0 aromatic carbocycles. The Hall–Kier alpha value is -2.56. The molecule has 0 saturated carbocycles. The van der Waals surface area contributed by atoms with E-state index in [1.165, 1.54) is 0 Å². The van der Waals surface area contributed by atoms with Crippen LogP contribution in [0.2, 0.25) is 0 Å². The van der Waals surface area contributed by atoms with Crippen molar-refractivity contribution in [2.75, 3.05) is 0 Å². The van der Waals surface area contributed by atoms with Crippen LogP contribution >= 0.6 is 0 Å². The number of carbonyl (C=O) groups excluding carboxylic acids is 2. The van der Waals surface area contributed by atoms with Crippen molar-refractivity contribution in [3.05, 3.63) is 58.2 Å². The van der Waals surface area contributed by atoms with Crippen molar-refractivity contribution >= 4 is 11.9 Å². The lowest BCUT2D eigenvalue weighted by molar-refractivity contribution is -0.158. The topological polar surface area (TPSA) is 69.2 Å². The van der Waals surface area contributed by atoms with Gasteiger partial charge in [-0.1, -0.05) is 12.1 Å². The van der Waals surface area contributed by atoms with E-state index >= 15 is 0 Å². The number of nitrogens with zero attached hydrogens (tertiary/aromatic N) is 2. The Bertz CT molecular complexity index is 690. The van der Waals surface area contributed by atoms with Gasteiger partial charge in [0, 0.05) is 22.8 Å². The fourth-order valence-electron chi connectivity index (χ4n) is 2.31. The lowest BCUT2D eigenvalue weighted by Crippen LogP contribution is -2.17. The zero-order valence-electron chi connectivity index (χ0n) is 13.8. The second-order valence-corrected chi connectivity index (χ2v) is 5.59. The maximum Gasteiger partial charge on any atom is 0.317 e. The number of rotatable bonds is 4. The Morgan fingerprint density at radius 1 is 0.783 bits per heavy atom. The average molecular weight is 312 g/mol. The van der Waals surface area contributed by atoms with Crippen LogP contribution in [-0.2, 0) is 27.2 Å². The van der Waals surface area contributed by atoms with Gasteiger partial charge in [-0.25, -0.2) is 0 Å². The van der Waals surface area contributed by atoms with E-state index in [-0.39, 0.29) is 12.8 Å². The molecule has 120 valence electrons. The highest BCUT2D eigenvalue weighted by Gasteiger charge is 2.15. The highest BCUT2D eigenvalue weighted by molar-refractivity contribution is 5.87. The van der Waals surface area contributed by atoms with Crippen LogP contribution in [0.4, 0.5) is 0 Å². The summed E-state index contributed by atoms with van der Waals surface area (Å²) in [5, 5.41) is 0. The van der Waals surface area contributed by atoms with Gasteiger partial charge >= 0.3 is 11.9 Å². The van der Waals surface area contributed by atoms with E-state index in [4.69, 9.17) is 4.74 Å². The van der Waals surface area contributed by atoms with Gasteiger partial charge in [-0.15, -0.1) is 0 Å². The Morgan fingerprint density at radius 2 is 1.17 bits per heavy atom. The van der Waals surface area contributed by atoms with Gasteiger partial charge in [0.1, 0.15) is 0 Å². The number of ether oxygens (including phenoxy) is 1. The molecule has 0 spiro atoms. The number of esters is 2. The van der Waals surface area contributed by atoms with Crippen molar-refractivity contribution in [3.63, 3.8) is 0 Å². The van der Waals surface area contributed by atoms with Gasteiger partial charge in [0.05, 0.1) is 12.8 Å². The maximum absolute atomic E-state index is 11.9. The Morgan fingerprint density at radius 3 is 1.52 bits per heavy atom. The summed E-state index contributed by atoms with van der Waals surface area (Å²) in [6.45, 7) is 7.44. The zero-order chi connectivity index (χ0) is 17.0. The minimum Gasteiger partial charge on any atom is -0.393 e. The third-order valence-corrected chi connectivity index (χ3v) is 3.57. The highest BCUT2D eigenvalue weighted by atomic mass is 16.6. The van der Waals surface area contributed by atoms with Crippen molar-refractivity contribution in [1.29, 1.82) is 0 Å². The Kier molecular flexibility index (Phi) is 5.21. The van der Waals surface area contributed by atoms with E-state index in [1.54, 1.807) is 0 Å². The van der Waals surface area contributed by atoms with Crippen molar-refractivity contribution in [2.24, 2.45) is 0 Å². The predicted molar refractivity (Wildman–Crippen MR) is 85.9 cm³/mol. The SMILES string of the molecule is Cc1ccc(CC(=O)OC(=O)Cc2ccc(C)nc2C)c(C)n1. The summed E-state index contributed by atoms with van der Waals surface area (Å²) in [6.07, 6.45) is 0.0754. The zero-order valence-corrected chi connectivity index (χ0v) is 13.8. The molecule has 0 bridgehead atoms. The summed E-state index contributed by atoms with van der Waals surface area (Å²) in [6, 6.07) is 7.33. The number of aromatic nitrogens is 2. The first-order valence-corrected chi connectivity index (χ1v) is 7.45. The summed E-state index contributed by atoms with van der Waals surface area (Å²) in [5.74, 6) is -1.14. The molecule has 0 radical (unpaired) electrons. The smallest absolute Gasteiger partial charge is 0.317 e. The second-order valence-electron chi connectivity index (χ2n) is 5.59. The van der Waals surface area contributed by atoms with Gasteiger partial charge in [-0.2, -0.15) is 0 Å². The standard InChI is InChI=1S/C18H20N2O3/c1-11-5-7-15(13(3)19-11)9-17(21)23-18(22)10-16-8-6-12(2)20-14(16)4/h5-8H,9-10H2,1-4H3. The molecule has 2 heterocycles. The summed E-state index contributed by atoms with van der Waals surface area (Å²) < 4.78 is 4.90. The number of aryl methyl sites for hydroxylation is 4. The van der Waals surface area contributed by atoms with Crippen LogP contribution in [0, 0.1) is 27.7 Å². The molecule has 2 aromatic heterocycles. The Balaban J connectivity index is 1.95. The van der Waals surface area contributed by atoms with Gasteiger partial charge in [0.15, 0.2) is 0 Å². The minimum absolute atomic E-state index is 0.0377. The monoisotopic (exact) mass is 312 g/mol. The maximum atomic E-state index is 11.9. The molecule has 0 aliphatic heterocycles.